The maximum absolute atomic E-state index is 12.4. The Labute approximate surface area is 126 Å². The van der Waals surface area contributed by atoms with E-state index < -0.39 is 0 Å². The zero-order valence-electron chi connectivity index (χ0n) is 12.4. The highest BCUT2D eigenvalue weighted by Gasteiger charge is 2.43. The van der Waals surface area contributed by atoms with Gasteiger partial charge in [0.2, 0.25) is 0 Å². The van der Waals surface area contributed by atoms with Crippen LogP contribution in [0.3, 0.4) is 0 Å². The maximum Gasteiger partial charge on any atom is 0.410 e. The van der Waals surface area contributed by atoms with E-state index in [2.05, 4.69) is 0 Å². The molecule has 4 heteroatoms. The normalized spacial score (nSPS) is 27.7. The van der Waals surface area contributed by atoms with E-state index in [1.54, 1.807) is 0 Å². The number of ether oxygens (including phenoxy) is 1. The van der Waals surface area contributed by atoms with Crippen LogP contribution in [0.2, 0.25) is 0 Å². The molecule has 1 aromatic rings. The molecule has 2 atom stereocenters. The molecule has 2 unspecified atom stereocenters. The monoisotopic (exact) mass is 288 g/mol. The van der Waals surface area contributed by atoms with E-state index in [-0.39, 0.29) is 6.09 Å². The van der Waals surface area contributed by atoms with Crippen molar-refractivity contribution in [1.82, 2.24) is 4.90 Å². The second kappa shape index (κ2) is 6.48. The number of hydrogen-bond donors (Lipinski definition) is 1. The van der Waals surface area contributed by atoms with Gasteiger partial charge >= 0.3 is 6.09 Å². The zero-order valence-corrected chi connectivity index (χ0v) is 12.4. The molecule has 2 N–H and O–H groups in total. The SMILES string of the molecule is NCCC1CC2CCC(C1)N2C(=O)OCc1ccccc1. The van der Waals surface area contributed by atoms with Gasteiger partial charge in [-0.15, -0.1) is 0 Å². The lowest BCUT2D eigenvalue weighted by Gasteiger charge is -2.38. The summed E-state index contributed by atoms with van der Waals surface area (Å²) in [6, 6.07) is 10.6. The molecule has 114 valence electrons. The van der Waals surface area contributed by atoms with E-state index in [1.807, 2.05) is 35.2 Å². The predicted molar refractivity (Wildman–Crippen MR) is 81.7 cm³/mol. The van der Waals surface area contributed by atoms with Gasteiger partial charge in [0, 0.05) is 12.1 Å². The van der Waals surface area contributed by atoms with Crippen molar-refractivity contribution in [2.45, 2.75) is 50.8 Å². The third-order valence-electron chi connectivity index (χ3n) is 4.82. The van der Waals surface area contributed by atoms with Crippen LogP contribution in [0.15, 0.2) is 30.3 Å². The predicted octanol–water partition coefficient (Wildman–Crippen LogP) is 2.92. The Morgan fingerprint density at radius 1 is 1.19 bits per heavy atom. The van der Waals surface area contributed by atoms with Gasteiger partial charge < -0.3 is 15.4 Å². The fraction of sp³-hybridized carbons (Fsp3) is 0.588. The van der Waals surface area contributed by atoms with Crippen LogP contribution < -0.4 is 5.73 Å². The Bertz CT molecular complexity index is 463. The van der Waals surface area contributed by atoms with Gasteiger partial charge in [0.25, 0.3) is 0 Å². The first kappa shape index (κ1) is 14.4. The summed E-state index contributed by atoms with van der Waals surface area (Å²) in [5.74, 6) is 0.686. The fourth-order valence-electron chi connectivity index (χ4n) is 3.85. The van der Waals surface area contributed by atoms with Gasteiger partial charge in [-0.2, -0.15) is 0 Å². The standard InChI is InChI=1S/C17H24N2O2/c18-9-8-14-10-15-6-7-16(11-14)19(15)17(20)21-12-13-4-2-1-3-5-13/h1-5,14-16H,6-12,18H2. The molecule has 21 heavy (non-hydrogen) atoms. The van der Waals surface area contributed by atoms with Gasteiger partial charge in [0.05, 0.1) is 0 Å². The summed E-state index contributed by atoms with van der Waals surface area (Å²) in [6.45, 7) is 1.12. The third-order valence-corrected chi connectivity index (χ3v) is 4.82. The summed E-state index contributed by atoms with van der Waals surface area (Å²) < 4.78 is 5.51. The molecule has 4 nitrogen and oxygen atoms in total. The molecule has 1 amide bonds. The molecule has 2 saturated heterocycles. The van der Waals surface area contributed by atoms with Crippen molar-refractivity contribution < 1.29 is 9.53 Å². The van der Waals surface area contributed by atoms with E-state index in [4.69, 9.17) is 10.5 Å². The van der Waals surface area contributed by atoms with Gasteiger partial charge in [0.15, 0.2) is 0 Å². The number of fused-ring (bicyclic) bond motifs is 2. The second-order valence-electron chi connectivity index (χ2n) is 6.25. The Hall–Kier alpha value is -1.55. The third kappa shape index (κ3) is 3.21. The lowest BCUT2D eigenvalue weighted by Crippen LogP contribution is -2.47. The number of piperidine rings is 1. The van der Waals surface area contributed by atoms with E-state index >= 15 is 0 Å². The van der Waals surface area contributed by atoms with Gasteiger partial charge in [-0.1, -0.05) is 30.3 Å². The topological polar surface area (TPSA) is 55.6 Å². The van der Waals surface area contributed by atoms with Gasteiger partial charge in [-0.3, -0.25) is 0 Å². The first-order valence-corrected chi connectivity index (χ1v) is 7.97. The summed E-state index contributed by atoms with van der Waals surface area (Å²) in [5, 5.41) is 0. The van der Waals surface area contributed by atoms with Crippen LogP contribution in [0.4, 0.5) is 4.79 Å². The molecule has 1 aromatic carbocycles. The molecule has 3 rings (SSSR count). The quantitative estimate of drug-likeness (QED) is 0.926. The minimum absolute atomic E-state index is 0.141. The van der Waals surface area contributed by atoms with Gasteiger partial charge in [-0.25, -0.2) is 4.79 Å². The van der Waals surface area contributed by atoms with Crippen molar-refractivity contribution in [1.29, 1.82) is 0 Å². The van der Waals surface area contributed by atoms with E-state index in [0.717, 1.165) is 44.2 Å². The molecule has 2 heterocycles. The van der Waals surface area contributed by atoms with E-state index in [1.165, 1.54) is 0 Å². The van der Waals surface area contributed by atoms with Crippen LogP contribution in [0.5, 0.6) is 0 Å². The number of carbonyl (C=O) groups is 1. The Balaban J connectivity index is 1.56. The lowest BCUT2D eigenvalue weighted by atomic mass is 9.88. The number of nitrogens with zero attached hydrogens (tertiary/aromatic N) is 1. The smallest absolute Gasteiger partial charge is 0.410 e. The van der Waals surface area contributed by atoms with Crippen LogP contribution >= 0.6 is 0 Å². The van der Waals surface area contributed by atoms with E-state index in [9.17, 15) is 4.79 Å². The first-order valence-electron chi connectivity index (χ1n) is 7.97. The molecular formula is C17H24N2O2. The number of carbonyl (C=O) groups excluding carboxylic acids is 1. The van der Waals surface area contributed by atoms with Crippen LogP contribution in [0, 0.1) is 5.92 Å². The molecule has 2 aliphatic heterocycles. The Kier molecular flexibility index (Phi) is 4.44. The molecule has 0 aromatic heterocycles. The van der Waals surface area contributed by atoms with Crippen molar-refractivity contribution in [2.24, 2.45) is 11.7 Å². The van der Waals surface area contributed by atoms with Crippen molar-refractivity contribution in [3.8, 4) is 0 Å². The van der Waals surface area contributed by atoms with Gasteiger partial charge in [-0.05, 0) is 50.1 Å². The second-order valence-corrected chi connectivity index (χ2v) is 6.25. The average molecular weight is 288 g/mol. The highest BCUT2D eigenvalue weighted by Crippen LogP contribution is 2.40. The molecule has 2 bridgehead atoms. The number of hydrogen-bond acceptors (Lipinski definition) is 3. The maximum atomic E-state index is 12.4. The number of benzene rings is 1. The molecule has 2 fully saturated rings. The Morgan fingerprint density at radius 3 is 2.48 bits per heavy atom. The van der Waals surface area contributed by atoms with Crippen LogP contribution in [-0.2, 0) is 11.3 Å². The summed E-state index contributed by atoms with van der Waals surface area (Å²) in [7, 11) is 0. The highest BCUT2D eigenvalue weighted by atomic mass is 16.6. The summed E-state index contributed by atoms with van der Waals surface area (Å²) >= 11 is 0. The number of rotatable bonds is 4. The minimum Gasteiger partial charge on any atom is -0.445 e. The largest absolute Gasteiger partial charge is 0.445 e. The minimum atomic E-state index is -0.141. The number of nitrogens with two attached hydrogens (primary N) is 1. The molecule has 0 radical (unpaired) electrons. The average Bonchev–Trinajstić information content (AvgIpc) is 2.78. The fourth-order valence-corrected chi connectivity index (χ4v) is 3.85. The van der Waals surface area contributed by atoms with Crippen molar-refractivity contribution in [3.05, 3.63) is 35.9 Å². The lowest BCUT2D eigenvalue weighted by molar-refractivity contribution is 0.0523. The van der Waals surface area contributed by atoms with Crippen molar-refractivity contribution in [2.75, 3.05) is 6.54 Å². The van der Waals surface area contributed by atoms with Crippen molar-refractivity contribution >= 4 is 6.09 Å². The van der Waals surface area contributed by atoms with Crippen LogP contribution in [-0.4, -0.2) is 29.6 Å². The first-order chi connectivity index (χ1) is 10.3. The van der Waals surface area contributed by atoms with Crippen LogP contribution in [0.1, 0.15) is 37.7 Å². The van der Waals surface area contributed by atoms with Crippen molar-refractivity contribution in [3.63, 3.8) is 0 Å². The molecule has 0 spiro atoms. The number of amides is 1. The molecule has 0 saturated carbocycles. The Morgan fingerprint density at radius 2 is 1.86 bits per heavy atom. The highest BCUT2D eigenvalue weighted by molar-refractivity contribution is 5.69. The molecule has 0 aliphatic carbocycles. The summed E-state index contributed by atoms with van der Waals surface area (Å²) in [6.07, 6.45) is 5.36. The van der Waals surface area contributed by atoms with Crippen LogP contribution in [0.25, 0.3) is 0 Å². The molecule has 2 aliphatic rings. The summed E-state index contributed by atoms with van der Waals surface area (Å²) in [4.78, 5) is 14.4. The van der Waals surface area contributed by atoms with Gasteiger partial charge in [0.1, 0.15) is 6.61 Å². The molecular weight excluding hydrogens is 264 g/mol. The van der Waals surface area contributed by atoms with E-state index in [0.29, 0.717) is 24.6 Å². The summed E-state index contributed by atoms with van der Waals surface area (Å²) in [5.41, 5.74) is 6.71. The zero-order chi connectivity index (χ0) is 14.7.